The van der Waals surface area contributed by atoms with E-state index in [-0.39, 0.29) is 29.8 Å². The summed E-state index contributed by atoms with van der Waals surface area (Å²) in [6.07, 6.45) is 4.18. The molecule has 7 nitrogen and oxygen atoms in total. The lowest BCUT2D eigenvalue weighted by Crippen LogP contribution is -2.54. The molecule has 0 unspecified atom stereocenters. The molecule has 9 heteroatoms. The van der Waals surface area contributed by atoms with Crippen LogP contribution in [0.1, 0.15) is 47.9 Å². The van der Waals surface area contributed by atoms with Gasteiger partial charge in [0.15, 0.2) is 0 Å². The van der Waals surface area contributed by atoms with Crippen LogP contribution in [0.4, 0.5) is 5.69 Å². The Morgan fingerprint density at radius 3 is 2.11 bits per heavy atom. The van der Waals surface area contributed by atoms with Crippen LogP contribution in [-0.2, 0) is 32.6 Å². The number of hydrogen-bond acceptors (Lipinski definition) is 4. The Kier molecular flexibility index (Phi) is 10.8. The second kappa shape index (κ2) is 15.0. The Morgan fingerprint density at radius 2 is 1.46 bits per heavy atom. The molecule has 1 N–H and O–H groups in total. The average Bonchev–Trinajstić information content (AvgIpc) is 3.55. The van der Waals surface area contributed by atoms with Crippen LogP contribution in [0.15, 0.2) is 108 Å². The maximum atomic E-state index is 14.6. The van der Waals surface area contributed by atoms with Crippen molar-refractivity contribution in [2.45, 2.75) is 69.5 Å². The van der Waals surface area contributed by atoms with Crippen LogP contribution in [-0.4, -0.2) is 43.8 Å². The van der Waals surface area contributed by atoms with Crippen molar-refractivity contribution in [2.75, 3.05) is 10.8 Å². The fourth-order valence-corrected chi connectivity index (χ4v) is 7.51. The molecule has 4 aromatic rings. The summed E-state index contributed by atoms with van der Waals surface area (Å²) in [5.74, 6) is -0.720. The van der Waals surface area contributed by atoms with E-state index in [2.05, 4.69) is 5.32 Å². The number of amides is 2. The van der Waals surface area contributed by atoms with Gasteiger partial charge < -0.3 is 10.2 Å². The first-order valence-corrected chi connectivity index (χ1v) is 17.5. The Hall–Kier alpha value is -4.14. The Labute approximate surface area is 277 Å². The zero-order valence-electron chi connectivity index (χ0n) is 26.2. The minimum atomic E-state index is -4.19. The normalized spacial score (nSPS) is 14.1. The lowest BCUT2D eigenvalue weighted by atomic mass is 10.0. The van der Waals surface area contributed by atoms with Gasteiger partial charge in [-0.05, 0) is 79.8 Å². The van der Waals surface area contributed by atoms with Crippen molar-refractivity contribution in [2.24, 2.45) is 0 Å². The van der Waals surface area contributed by atoms with Gasteiger partial charge in [0, 0.05) is 24.0 Å². The number of aryl methyl sites for hydroxylation is 2. The van der Waals surface area contributed by atoms with Crippen molar-refractivity contribution < 1.29 is 18.0 Å². The monoisotopic (exact) mass is 657 g/mol. The number of carbonyl (C=O) groups excluding carboxylic acids is 2. The second-order valence-electron chi connectivity index (χ2n) is 12.0. The van der Waals surface area contributed by atoms with Gasteiger partial charge in [-0.15, -0.1) is 0 Å². The number of hydrogen-bond donors (Lipinski definition) is 1. The summed E-state index contributed by atoms with van der Waals surface area (Å²) in [4.78, 5) is 30.3. The number of carbonyl (C=O) groups is 2. The van der Waals surface area contributed by atoms with E-state index in [0.29, 0.717) is 10.7 Å². The number of halogens is 1. The molecule has 1 saturated carbocycles. The molecular weight excluding hydrogens is 618 g/mol. The summed E-state index contributed by atoms with van der Waals surface area (Å²) in [5, 5.41) is 3.61. The molecule has 1 atom stereocenters. The van der Waals surface area contributed by atoms with E-state index >= 15 is 0 Å². The highest BCUT2D eigenvalue weighted by Crippen LogP contribution is 2.27. The summed E-state index contributed by atoms with van der Waals surface area (Å²) in [6.45, 7) is 3.48. The number of sulfonamides is 1. The van der Waals surface area contributed by atoms with Crippen LogP contribution in [0.5, 0.6) is 0 Å². The van der Waals surface area contributed by atoms with E-state index in [0.717, 1.165) is 52.2 Å². The van der Waals surface area contributed by atoms with E-state index < -0.39 is 28.5 Å². The largest absolute Gasteiger partial charge is 0.352 e. The SMILES string of the molecule is Cc1cccc(CN(C(=O)CN(c2cccc(C)c2)S(=O)(=O)c2ccc(Cl)cc2)[C@@H](Cc2ccccc2)C(=O)NC2CCCC2)c1. The molecular formula is C37H40ClN3O4S. The maximum Gasteiger partial charge on any atom is 0.264 e. The molecule has 2 amide bonds. The van der Waals surface area contributed by atoms with Crippen LogP contribution in [0.25, 0.3) is 0 Å². The molecule has 0 bridgehead atoms. The average molecular weight is 658 g/mol. The van der Waals surface area contributed by atoms with Crippen LogP contribution in [0, 0.1) is 13.8 Å². The van der Waals surface area contributed by atoms with Gasteiger partial charge in [0.1, 0.15) is 12.6 Å². The Balaban J connectivity index is 1.57. The van der Waals surface area contributed by atoms with Crippen molar-refractivity contribution in [1.82, 2.24) is 10.2 Å². The molecule has 0 saturated heterocycles. The highest BCUT2D eigenvalue weighted by molar-refractivity contribution is 7.92. The van der Waals surface area contributed by atoms with Crippen molar-refractivity contribution in [3.05, 3.63) is 130 Å². The molecule has 240 valence electrons. The highest BCUT2D eigenvalue weighted by Gasteiger charge is 2.35. The summed E-state index contributed by atoms with van der Waals surface area (Å²) in [6, 6.07) is 29.5. The van der Waals surface area contributed by atoms with Crippen LogP contribution < -0.4 is 9.62 Å². The topological polar surface area (TPSA) is 86.8 Å². The van der Waals surface area contributed by atoms with Crippen LogP contribution in [0.2, 0.25) is 5.02 Å². The third-order valence-corrected chi connectivity index (χ3v) is 10.4. The quantitative estimate of drug-likeness (QED) is 0.181. The van der Waals surface area contributed by atoms with Gasteiger partial charge in [0.2, 0.25) is 11.8 Å². The Bertz CT molecular complexity index is 1760. The van der Waals surface area contributed by atoms with Crippen molar-refractivity contribution in [3.63, 3.8) is 0 Å². The smallest absolute Gasteiger partial charge is 0.264 e. The summed E-state index contributed by atoms with van der Waals surface area (Å²) >= 11 is 6.08. The first-order valence-electron chi connectivity index (χ1n) is 15.6. The standard InChI is InChI=1S/C37H40ClN3O4S/c1-27-10-8-14-30(22-27)25-40(35(24-29-12-4-3-5-13-29)37(43)39-32-15-6-7-16-32)36(42)26-41(33-17-9-11-28(2)23-33)46(44,45)34-20-18-31(38)19-21-34/h3-5,8-14,17-23,32,35H,6-7,15-16,24-26H2,1-2H3,(H,39,43)/t35-/m0/s1. The molecule has 1 fully saturated rings. The lowest BCUT2D eigenvalue weighted by Gasteiger charge is -2.34. The zero-order valence-corrected chi connectivity index (χ0v) is 27.8. The van der Waals surface area contributed by atoms with Gasteiger partial charge in [-0.2, -0.15) is 0 Å². The van der Waals surface area contributed by atoms with Crippen molar-refractivity contribution in [1.29, 1.82) is 0 Å². The van der Waals surface area contributed by atoms with E-state index in [9.17, 15) is 18.0 Å². The fraction of sp³-hybridized carbons (Fsp3) is 0.297. The molecule has 0 aromatic heterocycles. The van der Waals surface area contributed by atoms with Gasteiger partial charge in [-0.3, -0.25) is 13.9 Å². The minimum Gasteiger partial charge on any atom is -0.352 e. The van der Waals surface area contributed by atoms with Crippen LogP contribution in [0.3, 0.4) is 0 Å². The molecule has 5 rings (SSSR count). The summed E-state index contributed by atoms with van der Waals surface area (Å²) in [7, 11) is -4.19. The van der Waals surface area contributed by atoms with Crippen molar-refractivity contribution >= 4 is 39.1 Å². The van der Waals surface area contributed by atoms with Gasteiger partial charge >= 0.3 is 0 Å². The Morgan fingerprint density at radius 1 is 0.826 bits per heavy atom. The molecule has 4 aromatic carbocycles. The second-order valence-corrected chi connectivity index (χ2v) is 14.3. The number of rotatable bonds is 12. The predicted molar refractivity (Wildman–Crippen MR) is 183 cm³/mol. The molecule has 46 heavy (non-hydrogen) atoms. The number of benzene rings is 4. The zero-order chi connectivity index (χ0) is 32.7. The summed E-state index contributed by atoms with van der Waals surface area (Å²) in [5.41, 5.74) is 3.97. The summed E-state index contributed by atoms with van der Waals surface area (Å²) < 4.78 is 29.5. The number of nitrogens with one attached hydrogen (secondary N) is 1. The van der Waals surface area contributed by atoms with E-state index in [1.54, 1.807) is 23.1 Å². The molecule has 1 aliphatic carbocycles. The number of nitrogens with zero attached hydrogens (tertiary/aromatic N) is 2. The van der Waals surface area contributed by atoms with E-state index in [1.165, 1.54) is 24.3 Å². The molecule has 1 aliphatic rings. The van der Waals surface area contributed by atoms with Gasteiger partial charge in [-0.1, -0.05) is 96.7 Å². The van der Waals surface area contributed by atoms with Crippen molar-refractivity contribution in [3.8, 4) is 0 Å². The van der Waals surface area contributed by atoms with Gasteiger partial charge in [0.05, 0.1) is 10.6 Å². The highest BCUT2D eigenvalue weighted by atomic mass is 35.5. The van der Waals surface area contributed by atoms with Crippen LogP contribution >= 0.6 is 11.6 Å². The number of anilines is 1. The first-order chi connectivity index (χ1) is 22.1. The molecule has 0 spiro atoms. The van der Waals surface area contributed by atoms with E-state index in [1.807, 2.05) is 74.5 Å². The fourth-order valence-electron chi connectivity index (χ4n) is 5.97. The molecule has 0 radical (unpaired) electrons. The maximum absolute atomic E-state index is 14.6. The molecule has 0 heterocycles. The van der Waals surface area contributed by atoms with E-state index in [4.69, 9.17) is 11.6 Å². The minimum absolute atomic E-state index is 0.0104. The lowest BCUT2D eigenvalue weighted by molar-refractivity contribution is -0.140. The first kappa shape index (κ1) is 33.2. The third kappa shape index (κ3) is 8.36. The molecule has 0 aliphatic heterocycles. The predicted octanol–water partition coefficient (Wildman–Crippen LogP) is 6.85. The van der Waals surface area contributed by atoms with Gasteiger partial charge in [0.25, 0.3) is 10.0 Å². The third-order valence-electron chi connectivity index (χ3n) is 8.38. The van der Waals surface area contributed by atoms with Gasteiger partial charge in [-0.25, -0.2) is 8.42 Å².